The fraction of sp³-hybridized carbons (Fsp3) is 0.381. The smallest absolute Gasteiger partial charge is 0.311 e. The van der Waals surface area contributed by atoms with Crippen LogP contribution < -0.4 is 0 Å². The van der Waals surface area contributed by atoms with Crippen LogP contribution in [0.3, 0.4) is 0 Å². The average molecular weight is 308 g/mol. The minimum Gasteiger partial charge on any atom is -0.464 e. The van der Waals surface area contributed by atoms with Crippen molar-refractivity contribution in [2.45, 2.75) is 39.5 Å². The molecule has 0 unspecified atom stereocenters. The molecular weight excluding hydrogens is 284 g/mol. The summed E-state index contributed by atoms with van der Waals surface area (Å²) in [6.07, 6.45) is 1.83. The molecule has 3 rings (SSSR count). The molecule has 0 saturated carbocycles. The Kier molecular flexibility index (Phi) is 4.25. The Morgan fingerprint density at radius 3 is 2.04 bits per heavy atom. The van der Waals surface area contributed by atoms with Gasteiger partial charge in [-0.05, 0) is 42.5 Å². The van der Waals surface area contributed by atoms with Crippen LogP contribution in [0.4, 0.5) is 0 Å². The topological polar surface area (TPSA) is 26.3 Å². The highest BCUT2D eigenvalue weighted by atomic mass is 16.5. The molecule has 0 bridgehead atoms. The van der Waals surface area contributed by atoms with Crippen LogP contribution in [0.15, 0.2) is 48.5 Å². The zero-order valence-electron chi connectivity index (χ0n) is 14.1. The van der Waals surface area contributed by atoms with Gasteiger partial charge in [0.05, 0.1) is 5.41 Å². The second-order valence-electron chi connectivity index (χ2n) is 6.96. The highest BCUT2D eigenvalue weighted by molar-refractivity contribution is 5.79. The van der Waals surface area contributed by atoms with Crippen molar-refractivity contribution in [1.29, 1.82) is 0 Å². The first-order chi connectivity index (χ1) is 11.0. The van der Waals surface area contributed by atoms with Gasteiger partial charge in [0.2, 0.25) is 0 Å². The summed E-state index contributed by atoms with van der Waals surface area (Å²) in [5, 5.41) is 0. The molecule has 2 heteroatoms. The zero-order chi connectivity index (χ0) is 16.4. The third-order valence-electron chi connectivity index (χ3n) is 4.77. The number of hydrogen-bond donors (Lipinski definition) is 0. The van der Waals surface area contributed by atoms with Crippen LogP contribution in [-0.2, 0) is 9.53 Å². The normalized spacial score (nSPS) is 13.5. The van der Waals surface area contributed by atoms with Crippen molar-refractivity contribution >= 4 is 5.97 Å². The SMILES string of the molecule is CCCC(C)(C)C(=O)OCC1c2ccccc2-c2ccccc21. The molecule has 0 aliphatic heterocycles. The maximum absolute atomic E-state index is 12.4. The standard InChI is InChI=1S/C21H24O2/c1-4-13-21(2,3)20(22)23-14-19-17-11-7-5-9-15(17)16-10-6-8-12-18(16)19/h5-12,19H,4,13-14H2,1-3H3. The Morgan fingerprint density at radius 1 is 1.00 bits per heavy atom. The zero-order valence-corrected chi connectivity index (χ0v) is 14.1. The van der Waals surface area contributed by atoms with Crippen LogP contribution in [-0.4, -0.2) is 12.6 Å². The van der Waals surface area contributed by atoms with E-state index >= 15 is 0 Å². The number of rotatable bonds is 5. The molecule has 0 radical (unpaired) electrons. The molecule has 1 aliphatic carbocycles. The third-order valence-corrected chi connectivity index (χ3v) is 4.77. The van der Waals surface area contributed by atoms with Gasteiger partial charge < -0.3 is 4.74 Å². The van der Waals surface area contributed by atoms with Crippen LogP contribution in [0.25, 0.3) is 11.1 Å². The number of fused-ring (bicyclic) bond motifs is 3. The van der Waals surface area contributed by atoms with Gasteiger partial charge in [-0.1, -0.05) is 61.9 Å². The fourth-order valence-corrected chi connectivity index (χ4v) is 3.52. The van der Waals surface area contributed by atoms with Crippen molar-refractivity contribution in [3.05, 3.63) is 59.7 Å². The molecule has 2 aromatic carbocycles. The summed E-state index contributed by atoms with van der Waals surface area (Å²) in [4.78, 5) is 12.4. The summed E-state index contributed by atoms with van der Waals surface area (Å²) in [6, 6.07) is 16.8. The predicted octanol–water partition coefficient (Wildman–Crippen LogP) is 5.17. The van der Waals surface area contributed by atoms with Crippen LogP contribution in [0.1, 0.15) is 50.7 Å². The van der Waals surface area contributed by atoms with E-state index in [-0.39, 0.29) is 11.9 Å². The van der Waals surface area contributed by atoms with Crippen molar-refractivity contribution in [2.24, 2.45) is 5.41 Å². The summed E-state index contributed by atoms with van der Waals surface area (Å²) >= 11 is 0. The second kappa shape index (κ2) is 6.19. The van der Waals surface area contributed by atoms with Gasteiger partial charge >= 0.3 is 5.97 Å². The monoisotopic (exact) mass is 308 g/mol. The largest absolute Gasteiger partial charge is 0.464 e. The van der Waals surface area contributed by atoms with Gasteiger partial charge in [-0.25, -0.2) is 0 Å². The van der Waals surface area contributed by atoms with Crippen molar-refractivity contribution in [3.8, 4) is 11.1 Å². The first-order valence-corrected chi connectivity index (χ1v) is 8.40. The van der Waals surface area contributed by atoms with E-state index in [4.69, 9.17) is 4.74 Å². The van der Waals surface area contributed by atoms with Crippen molar-refractivity contribution < 1.29 is 9.53 Å². The van der Waals surface area contributed by atoms with E-state index < -0.39 is 5.41 Å². The Balaban J connectivity index is 1.82. The molecule has 0 amide bonds. The van der Waals surface area contributed by atoms with E-state index in [1.807, 2.05) is 13.8 Å². The highest BCUT2D eigenvalue weighted by Gasteiger charge is 2.32. The van der Waals surface area contributed by atoms with Crippen molar-refractivity contribution in [1.82, 2.24) is 0 Å². The maximum atomic E-state index is 12.4. The highest BCUT2D eigenvalue weighted by Crippen LogP contribution is 2.44. The number of carbonyl (C=O) groups is 1. The lowest BCUT2D eigenvalue weighted by molar-refractivity contribution is -0.154. The van der Waals surface area contributed by atoms with Crippen molar-refractivity contribution in [3.63, 3.8) is 0 Å². The Morgan fingerprint density at radius 2 is 1.52 bits per heavy atom. The van der Waals surface area contributed by atoms with E-state index in [1.54, 1.807) is 0 Å². The molecule has 2 aromatic rings. The summed E-state index contributed by atoms with van der Waals surface area (Å²) in [6.45, 7) is 6.45. The van der Waals surface area contributed by atoms with E-state index in [2.05, 4.69) is 55.5 Å². The van der Waals surface area contributed by atoms with Gasteiger partial charge in [-0.3, -0.25) is 4.79 Å². The lowest BCUT2D eigenvalue weighted by atomic mass is 9.88. The quantitative estimate of drug-likeness (QED) is 0.712. The number of benzene rings is 2. The molecule has 0 heterocycles. The third kappa shape index (κ3) is 2.90. The van der Waals surface area contributed by atoms with E-state index in [0.29, 0.717) is 6.61 Å². The summed E-state index contributed by atoms with van der Waals surface area (Å²) in [5.41, 5.74) is 4.63. The lowest BCUT2D eigenvalue weighted by Gasteiger charge is -2.23. The maximum Gasteiger partial charge on any atom is 0.311 e. The van der Waals surface area contributed by atoms with Gasteiger partial charge in [-0.15, -0.1) is 0 Å². The first-order valence-electron chi connectivity index (χ1n) is 8.40. The van der Waals surface area contributed by atoms with Gasteiger partial charge in [0, 0.05) is 5.92 Å². The Labute approximate surface area is 138 Å². The Hall–Kier alpha value is -2.09. The second-order valence-corrected chi connectivity index (χ2v) is 6.96. The Bertz CT molecular complexity index is 670. The molecule has 120 valence electrons. The molecule has 0 atom stereocenters. The molecule has 0 saturated heterocycles. The minimum atomic E-state index is -0.410. The van der Waals surface area contributed by atoms with Crippen LogP contribution in [0.5, 0.6) is 0 Å². The number of hydrogen-bond acceptors (Lipinski definition) is 2. The lowest BCUT2D eigenvalue weighted by Crippen LogP contribution is -2.28. The number of carbonyl (C=O) groups excluding carboxylic acids is 1. The molecule has 0 N–H and O–H groups in total. The van der Waals surface area contributed by atoms with Crippen LogP contribution in [0.2, 0.25) is 0 Å². The average Bonchev–Trinajstić information content (AvgIpc) is 2.87. The van der Waals surface area contributed by atoms with E-state index in [1.165, 1.54) is 22.3 Å². The fourth-order valence-electron chi connectivity index (χ4n) is 3.52. The number of esters is 1. The van der Waals surface area contributed by atoms with Crippen LogP contribution >= 0.6 is 0 Å². The predicted molar refractivity (Wildman–Crippen MR) is 93.4 cm³/mol. The molecule has 0 spiro atoms. The van der Waals surface area contributed by atoms with Crippen molar-refractivity contribution in [2.75, 3.05) is 6.61 Å². The number of ether oxygens (including phenoxy) is 1. The molecular formula is C21H24O2. The van der Waals surface area contributed by atoms with Gasteiger partial charge in [0.1, 0.15) is 6.61 Å². The molecule has 23 heavy (non-hydrogen) atoms. The van der Waals surface area contributed by atoms with Gasteiger partial charge in [-0.2, -0.15) is 0 Å². The summed E-state index contributed by atoms with van der Waals surface area (Å²) < 4.78 is 5.72. The summed E-state index contributed by atoms with van der Waals surface area (Å²) in [7, 11) is 0. The summed E-state index contributed by atoms with van der Waals surface area (Å²) in [5.74, 6) is 0.0463. The molecule has 0 aromatic heterocycles. The van der Waals surface area contributed by atoms with E-state index in [9.17, 15) is 4.79 Å². The minimum absolute atomic E-state index is 0.0961. The molecule has 1 aliphatic rings. The molecule has 0 fully saturated rings. The van der Waals surface area contributed by atoms with Crippen LogP contribution in [0, 0.1) is 5.41 Å². The van der Waals surface area contributed by atoms with Gasteiger partial charge in [0.15, 0.2) is 0 Å². The first kappa shape index (κ1) is 15.8. The molecule has 2 nitrogen and oxygen atoms in total. The van der Waals surface area contributed by atoms with E-state index in [0.717, 1.165) is 12.8 Å². The van der Waals surface area contributed by atoms with Gasteiger partial charge in [0.25, 0.3) is 0 Å².